The van der Waals surface area contributed by atoms with Gasteiger partial charge in [0.15, 0.2) is 17.5 Å². The lowest BCUT2D eigenvalue weighted by Gasteiger charge is -2.10. The Kier molecular flexibility index (Phi) is 4.78. The van der Waals surface area contributed by atoms with Gasteiger partial charge >= 0.3 is 0 Å². The summed E-state index contributed by atoms with van der Waals surface area (Å²) in [5.74, 6) is 0.294. The van der Waals surface area contributed by atoms with Crippen LogP contribution in [-0.2, 0) is 0 Å². The van der Waals surface area contributed by atoms with Crippen molar-refractivity contribution in [2.75, 3.05) is 0 Å². The lowest BCUT2D eigenvalue weighted by Crippen LogP contribution is -2.00. The van der Waals surface area contributed by atoms with Crippen molar-refractivity contribution in [1.29, 1.82) is 0 Å². The Morgan fingerprint density at radius 2 is 0.898 bits per heavy atom. The number of aromatic nitrogens is 3. The number of benzene rings is 7. The van der Waals surface area contributed by atoms with Gasteiger partial charge < -0.3 is 4.42 Å². The first-order valence-electron chi connectivity index (χ1n) is 21.0. The topological polar surface area (TPSA) is 51.8 Å². The summed E-state index contributed by atoms with van der Waals surface area (Å²) in [6.07, 6.45) is 0. The van der Waals surface area contributed by atoms with Crippen LogP contribution in [0.15, 0.2) is 180 Å². The molecule has 0 aliphatic heterocycles. The Morgan fingerprint density at radius 1 is 0.388 bits per heavy atom. The van der Waals surface area contributed by atoms with Gasteiger partial charge in [0, 0.05) is 27.5 Å². The van der Waals surface area contributed by atoms with Crippen molar-refractivity contribution < 1.29 is 19.5 Å². The molecule has 0 spiro atoms. The van der Waals surface area contributed by atoms with Gasteiger partial charge in [-0.3, -0.25) is 0 Å². The van der Waals surface area contributed by atoms with Crippen molar-refractivity contribution in [3.8, 4) is 67.5 Å². The molecule has 2 aromatic heterocycles. The molecule has 0 bridgehead atoms. The zero-order valence-electron chi connectivity index (χ0n) is 36.6. The van der Waals surface area contributed by atoms with E-state index in [1.54, 1.807) is 0 Å². The molecule has 0 unspecified atom stereocenters. The Morgan fingerprint density at radius 3 is 1.47 bits per heavy atom. The molecule has 4 heteroatoms. The molecule has 9 rings (SSSR count). The van der Waals surface area contributed by atoms with Gasteiger partial charge in [-0.05, 0) is 57.6 Å². The average Bonchev–Trinajstić information content (AvgIpc) is 3.69. The molecule has 0 N–H and O–H groups in total. The van der Waals surface area contributed by atoms with Gasteiger partial charge in [0.05, 0.1) is 15.1 Å². The molecule has 0 saturated heterocycles. The SMILES string of the molecule is [2H]c1c([2H])c([2H])c(-c2c([2H])c([2H])c([2H])c3oc4c([2H])c([2H])c(-c5nc(-c6ccc(-c7ccccc7)cc6)nc(-c6ccc(-c7ccccc7)cc6)n5)c([2H])c4c23)c([2H])c1[2H]. The fraction of sp³-hybridized carbons (Fsp3) is 0. The third kappa shape index (κ3) is 5.45. The van der Waals surface area contributed by atoms with Crippen molar-refractivity contribution in [3.05, 3.63) is 176 Å². The van der Waals surface area contributed by atoms with E-state index in [4.69, 9.17) is 31.7 Å². The summed E-state index contributed by atoms with van der Waals surface area (Å²) in [6, 6.07) is 28.1. The van der Waals surface area contributed by atoms with E-state index in [-0.39, 0.29) is 50.5 Å². The molecular formula is C45H29N3O. The van der Waals surface area contributed by atoms with E-state index < -0.39 is 72.0 Å². The Hall–Kier alpha value is -6.65. The molecule has 4 nitrogen and oxygen atoms in total. The summed E-state index contributed by atoms with van der Waals surface area (Å²) in [4.78, 5) is 14.4. The second-order valence-electron chi connectivity index (χ2n) is 11.2. The summed E-state index contributed by atoms with van der Waals surface area (Å²) < 4.78 is 103. The van der Waals surface area contributed by atoms with Crippen LogP contribution in [0.3, 0.4) is 0 Å². The molecule has 9 aromatic rings. The molecule has 0 aliphatic rings. The Bertz CT molecular complexity index is 3060. The first-order chi connectivity index (χ1) is 28.8. The van der Waals surface area contributed by atoms with Gasteiger partial charge in [-0.2, -0.15) is 0 Å². The largest absolute Gasteiger partial charge is 0.456 e. The monoisotopic (exact) mass is 638 g/mol. The molecule has 0 saturated carbocycles. The van der Waals surface area contributed by atoms with Crippen LogP contribution in [-0.4, -0.2) is 15.0 Å². The zero-order chi connectivity index (χ0) is 42.1. The molecule has 0 radical (unpaired) electrons. The highest BCUT2D eigenvalue weighted by atomic mass is 16.3. The van der Waals surface area contributed by atoms with Gasteiger partial charge in [0.25, 0.3) is 0 Å². The molecule has 0 amide bonds. The quantitative estimate of drug-likeness (QED) is 0.182. The van der Waals surface area contributed by atoms with E-state index in [0.29, 0.717) is 11.1 Å². The van der Waals surface area contributed by atoms with Crippen LogP contribution in [0.5, 0.6) is 0 Å². The third-order valence-corrected chi connectivity index (χ3v) is 8.18. The van der Waals surface area contributed by atoms with Gasteiger partial charge in [-0.25, -0.2) is 15.0 Å². The number of nitrogens with zero attached hydrogens (tertiary/aromatic N) is 3. The number of rotatable bonds is 6. The fourth-order valence-corrected chi connectivity index (χ4v) is 5.76. The minimum absolute atomic E-state index is 0.132. The first-order valence-corrected chi connectivity index (χ1v) is 15.5. The van der Waals surface area contributed by atoms with E-state index in [1.807, 2.05) is 109 Å². The van der Waals surface area contributed by atoms with Gasteiger partial charge in [-0.15, -0.1) is 0 Å². The van der Waals surface area contributed by atoms with Gasteiger partial charge in [-0.1, -0.05) is 151 Å². The molecular weight excluding hydrogens is 599 g/mol. The maximum absolute atomic E-state index is 9.66. The fourth-order valence-electron chi connectivity index (χ4n) is 5.76. The highest BCUT2D eigenvalue weighted by Crippen LogP contribution is 2.38. The van der Waals surface area contributed by atoms with Crippen molar-refractivity contribution in [1.82, 2.24) is 15.0 Å². The smallest absolute Gasteiger partial charge is 0.164 e. The maximum atomic E-state index is 9.66. The van der Waals surface area contributed by atoms with Crippen LogP contribution in [0.1, 0.15) is 15.1 Å². The third-order valence-electron chi connectivity index (χ3n) is 8.18. The molecule has 2 heterocycles. The summed E-state index contributed by atoms with van der Waals surface area (Å²) in [7, 11) is 0. The Labute approximate surface area is 299 Å². The van der Waals surface area contributed by atoms with Crippen molar-refractivity contribution in [2.45, 2.75) is 0 Å². The summed E-state index contributed by atoms with van der Waals surface area (Å²) in [5.41, 5.74) is 3.48. The van der Waals surface area contributed by atoms with E-state index >= 15 is 0 Å². The summed E-state index contributed by atoms with van der Waals surface area (Å²) in [5, 5.41) is -0.357. The van der Waals surface area contributed by atoms with E-state index in [0.717, 1.165) is 22.3 Å². The molecule has 0 fully saturated rings. The minimum Gasteiger partial charge on any atom is -0.456 e. The average molecular weight is 639 g/mol. The molecule has 7 aromatic carbocycles. The predicted molar refractivity (Wildman–Crippen MR) is 200 cm³/mol. The van der Waals surface area contributed by atoms with Crippen LogP contribution < -0.4 is 0 Å². The first kappa shape index (κ1) is 19.2. The van der Waals surface area contributed by atoms with Gasteiger partial charge in [0.1, 0.15) is 11.2 Å². The van der Waals surface area contributed by atoms with Crippen LogP contribution in [0.2, 0.25) is 0 Å². The summed E-state index contributed by atoms with van der Waals surface area (Å²) >= 11 is 0. The molecule has 0 aliphatic carbocycles. The van der Waals surface area contributed by atoms with Gasteiger partial charge in [0.2, 0.25) is 0 Å². The number of furan rings is 1. The molecule has 49 heavy (non-hydrogen) atoms. The lowest BCUT2D eigenvalue weighted by atomic mass is 9.99. The molecule has 230 valence electrons. The Balaban J connectivity index is 1.32. The lowest BCUT2D eigenvalue weighted by molar-refractivity contribution is 0.669. The van der Waals surface area contributed by atoms with Crippen LogP contribution in [0, 0.1) is 0 Å². The van der Waals surface area contributed by atoms with E-state index in [9.17, 15) is 2.74 Å². The maximum Gasteiger partial charge on any atom is 0.164 e. The van der Waals surface area contributed by atoms with Crippen LogP contribution >= 0.6 is 0 Å². The zero-order valence-corrected chi connectivity index (χ0v) is 25.6. The highest BCUT2D eigenvalue weighted by Gasteiger charge is 2.17. The number of hydrogen-bond acceptors (Lipinski definition) is 4. The second-order valence-corrected chi connectivity index (χ2v) is 11.2. The van der Waals surface area contributed by atoms with Crippen molar-refractivity contribution >= 4 is 21.9 Å². The number of fused-ring (bicyclic) bond motifs is 3. The second kappa shape index (κ2) is 12.2. The summed E-state index contributed by atoms with van der Waals surface area (Å²) in [6.45, 7) is 0. The minimum atomic E-state index is -0.687. The van der Waals surface area contributed by atoms with E-state index in [2.05, 4.69) is 0 Å². The number of hydrogen-bond donors (Lipinski definition) is 0. The van der Waals surface area contributed by atoms with Crippen LogP contribution in [0.4, 0.5) is 0 Å². The highest BCUT2D eigenvalue weighted by molar-refractivity contribution is 6.13. The predicted octanol–water partition coefficient (Wildman–Crippen LogP) is 11.8. The van der Waals surface area contributed by atoms with Crippen molar-refractivity contribution in [2.24, 2.45) is 0 Å². The standard InChI is InChI=1S/C45H29N3O/c1-4-11-30(12-5-1)32-19-23-35(24-20-32)43-46-44(36-25-21-33(22-26-36)31-13-6-2-7-14-31)48-45(47-43)37-27-28-40-39(29-37)42-38(17-10-18-41(42)49-40)34-15-8-3-9-16-34/h1-29H/i3D,8D,9D,10D,15D,16D,17D,18D,27D,28D,29D. The normalized spacial score (nSPS) is 14.4. The van der Waals surface area contributed by atoms with E-state index in [1.165, 1.54) is 0 Å². The molecule has 0 atom stereocenters. The van der Waals surface area contributed by atoms with Crippen LogP contribution in [0.25, 0.3) is 89.5 Å². The van der Waals surface area contributed by atoms with Crippen molar-refractivity contribution in [3.63, 3.8) is 0 Å².